The number of nitrogens with zero attached hydrogens (tertiary/aromatic N) is 4. The summed E-state index contributed by atoms with van der Waals surface area (Å²) in [7, 11) is 0. The van der Waals surface area contributed by atoms with Gasteiger partial charge in [-0.25, -0.2) is 19.7 Å². The van der Waals surface area contributed by atoms with E-state index in [1.165, 1.54) is 12.4 Å². The van der Waals surface area contributed by atoms with Crippen molar-refractivity contribution in [3.63, 3.8) is 0 Å². The molecule has 3 rings (SSSR count). The molecule has 3 heterocycles. The average Bonchev–Trinajstić information content (AvgIpc) is 2.85. The number of carbonyl (C=O) groups is 1. The second-order valence-corrected chi connectivity index (χ2v) is 4.48. The summed E-state index contributed by atoms with van der Waals surface area (Å²) in [6, 6.07) is 5.83. The number of aryl methyl sites for hydroxylation is 1. The largest absolute Gasteiger partial charge is 0.462 e. The van der Waals surface area contributed by atoms with Crippen LogP contribution in [0.25, 0.3) is 17.0 Å². The molecule has 0 atom stereocenters. The fraction of sp³-hybridized carbons (Fsp3) is 0.200. The van der Waals surface area contributed by atoms with Gasteiger partial charge in [-0.2, -0.15) is 0 Å². The van der Waals surface area contributed by atoms with E-state index in [1.54, 1.807) is 6.92 Å². The van der Waals surface area contributed by atoms with Crippen LogP contribution in [0.4, 0.5) is 0 Å². The van der Waals surface area contributed by atoms with E-state index in [1.807, 2.05) is 35.7 Å². The second-order valence-electron chi connectivity index (χ2n) is 4.48. The van der Waals surface area contributed by atoms with E-state index in [0.717, 1.165) is 11.3 Å². The van der Waals surface area contributed by atoms with Crippen LogP contribution in [0.15, 0.2) is 36.8 Å². The van der Waals surface area contributed by atoms with Crippen molar-refractivity contribution in [2.75, 3.05) is 6.61 Å². The van der Waals surface area contributed by atoms with Crippen molar-refractivity contribution in [3.8, 4) is 11.5 Å². The molecular formula is C15H14N4O2. The van der Waals surface area contributed by atoms with Crippen LogP contribution in [-0.2, 0) is 4.74 Å². The second kappa shape index (κ2) is 5.32. The molecule has 0 bridgehead atoms. The zero-order valence-corrected chi connectivity index (χ0v) is 11.8. The SMILES string of the molecule is CCOC(=O)c1cnc(-c2nc(C)n3ccccc23)nc1. The van der Waals surface area contributed by atoms with E-state index in [-0.39, 0.29) is 0 Å². The van der Waals surface area contributed by atoms with E-state index in [9.17, 15) is 4.79 Å². The number of carbonyl (C=O) groups excluding carboxylic acids is 1. The smallest absolute Gasteiger partial charge is 0.341 e. The number of ether oxygens (including phenoxy) is 1. The van der Waals surface area contributed by atoms with Crippen LogP contribution >= 0.6 is 0 Å². The van der Waals surface area contributed by atoms with E-state index in [4.69, 9.17) is 4.74 Å². The lowest BCUT2D eigenvalue weighted by Gasteiger charge is -2.01. The highest BCUT2D eigenvalue weighted by molar-refractivity contribution is 5.89. The third-order valence-corrected chi connectivity index (χ3v) is 3.10. The maximum atomic E-state index is 11.6. The first kappa shape index (κ1) is 13.2. The quantitative estimate of drug-likeness (QED) is 0.689. The van der Waals surface area contributed by atoms with Gasteiger partial charge in [0, 0.05) is 18.6 Å². The molecule has 0 saturated carbocycles. The maximum absolute atomic E-state index is 11.6. The van der Waals surface area contributed by atoms with Crippen LogP contribution in [-0.4, -0.2) is 31.9 Å². The maximum Gasteiger partial charge on any atom is 0.341 e. The molecule has 6 nitrogen and oxygen atoms in total. The fourth-order valence-electron chi connectivity index (χ4n) is 2.13. The molecule has 0 N–H and O–H groups in total. The van der Waals surface area contributed by atoms with Crippen LogP contribution in [0.3, 0.4) is 0 Å². The van der Waals surface area contributed by atoms with E-state index in [2.05, 4.69) is 15.0 Å². The third-order valence-electron chi connectivity index (χ3n) is 3.10. The zero-order valence-electron chi connectivity index (χ0n) is 11.8. The molecule has 0 aliphatic carbocycles. The number of fused-ring (bicyclic) bond motifs is 1. The summed E-state index contributed by atoms with van der Waals surface area (Å²) in [6.45, 7) is 4.00. The minimum Gasteiger partial charge on any atom is -0.462 e. The average molecular weight is 282 g/mol. The summed E-state index contributed by atoms with van der Waals surface area (Å²) >= 11 is 0. The Balaban J connectivity index is 2.02. The van der Waals surface area contributed by atoms with Crippen LogP contribution in [0.1, 0.15) is 23.1 Å². The van der Waals surface area contributed by atoms with Gasteiger partial charge in [-0.1, -0.05) is 6.07 Å². The standard InChI is InChI=1S/C15H14N4O2/c1-3-21-15(20)11-8-16-14(17-9-11)13-12-6-4-5-7-19(12)10(2)18-13/h4-9H,3H2,1-2H3. The molecule has 0 spiro atoms. The predicted octanol–water partition coefficient (Wildman–Crippen LogP) is 2.28. The van der Waals surface area contributed by atoms with Crippen LogP contribution in [0.2, 0.25) is 0 Å². The lowest BCUT2D eigenvalue weighted by molar-refractivity contribution is 0.0525. The highest BCUT2D eigenvalue weighted by Gasteiger charge is 2.14. The number of hydrogen-bond donors (Lipinski definition) is 0. The van der Waals surface area contributed by atoms with Crippen molar-refractivity contribution in [1.29, 1.82) is 0 Å². The molecule has 21 heavy (non-hydrogen) atoms. The van der Waals surface area contributed by atoms with Gasteiger partial charge in [-0.3, -0.25) is 0 Å². The van der Waals surface area contributed by atoms with Crippen LogP contribution < -0.4 is 0 Å². The lowest BCUT2D eigenvalue weighted by Crippen LogP contribution is -2.06. The van der Waals surface area contributed by atoms with E-state index < -0.39 is 5.97 Å². The Morgan fingerprint density at radius 3 is 2.76 bits per heavy atom. The lowest BCUT2D eigenvalue weighted by atomic mass is 10.3. The number of imidazole rings is 1. The summed E-state index contributed by atoms with van der Waals surface area (Å²) in [6.07, 6.45) is 4.86. The summed E-state index contributed by atoms with van der Waals surface area (Å²) in [5.41, 5.74) is 1.96. The molecule has 0 saturated heterocycles. The van der Waals surface area contributed by atoms with Gasteiger partial charge in [0.2, 0.25) is 0 Å². The zero-order chi connectivity index (χ0) is 14.8. The number of hydrogen-bond acceptors (Lipinski definition) is 5. The molecule has 6 heteroatoms. The number of pyridine rings is 1. The van der Waals surface area contributed by atoms with Crippen molar-refractivity contribution in [2.45, 2.75) is 13.8 Å². The minimum absolute atomic E-state index is 0.325. The molecule has 0 unspecified atom stereocenters. The first-order valence-electron chi connectivity index (χ1n) is 6.64. The topological polar surface area (TPSA) is 69.4 Å². The third kappa shape index (κ3) is 2.35. The van der Waals surface area contributed by atoms with Crippen molar-refractivity contribution in [3.05, 3.63) is 48.2 Å². The number of rotatable bonds is 3. The minimum atomic E-state index is -0.421. The van der Waals surface area contributed by atoms with Gasteiger partial charge in [0.1, 0.15) is 11.5 Å². The van der Waals surface area contributed by atoms with Crippen LogP contribution in [0.5, 0.6) is 0 Å². The van der Waals surface area contributed by atoms with Gasteiger partial charge in [-0.15, -0.1) is 0 Å². The van der Waals surface area contributed by atoms with Crippen LogP contribution in [0, 0.1) is 6.92 Å². The molecule has 0 aromatic carbocycles. The van der Waals surface area contributed by atoms with Gasteiger partial charge >= 0.3 is 5.97 Å². The number of aromatic nitrogens is 4. The predicted molar refractivity (Wildman–Crippen MR) is 76.9 cm³/mol. The Kier molecular flexibility index (Phi) is 3.35. The molecule has 0 radical (unpaired) electrons. The van der Waals surface area contributed by atoms with Crippen molar-refractivity contribution in [1.82, 2.24) is 19.4 Å². The highest BCUT2D eigenvalue weighted by Crippen LogP contribution is 2.21. The molecule has 3 aromatic heterocycles. The van der Waals surface area contributed by atoms with Gasteiger partial charge in [0.15, 0.2) is 5.82 Å². The Morgan fingerprint density at radius 1 is 1.29 bits per heavy atom. The van der Waals surface area contributed by atoms with Gasteiger partial charge in [0.25, 0.3) is 0 Å². The Morgan fingerprint density at radius 2 is 2.05 bits per heavy atom. The molecule has 0 fully saturated rings. The van der Waals surface area contributed by atoms with Crippen molar-refractivity contribution >= 4 is 11.5 Å². The summed E-state index contributed by atoms with van der Waals surface area (Å²) < 4.78 is 6.88. The molecule has 3 aromatic rings. The summed E-state index contributed by atoms with van der Waals surface area (Å²) in [4.78, 5) is 24.5. The normalized spacial score (nSPS) is 10.8. The van der Waals surface area contributed by atoms with E-state index >= 15 is 0 Å². The highest BCUT2D eigenvalue weighted by atomic mass is 16.5. The summed E-state index contributed by atoms with van der Waals surface area (Å²) in [5, 5.41) is 0. The van der Waals surface area contributed by atoms with Crippen molar-refractivity contribution in [2.24, 2.45) is 0 Å². The van der Waals surface area contributed by atoms with Gasteiger partial charge in [-0.05, 0) is 26.0 Å². The summed E-state index contributed by atoms with van der Waals surface area (Å²) in [5.74, 6) is 0.924. The van der Waals surface area contributed by atoms with E-state index in [0.29, 0.717) is 23.7 Å². The molecule has 0 aliphatic rings. The fourth-order valence-corrected chi connectivity index (χ4v) is 2.13. The Hall–Kier alpha value is -2.76. The molecule has 0 amide bonds. The van der Waals surface area contributed by atoms with Crippen molar-refractivity contribution < 1.29 is 9.53 Å². The first-order chi connectivity index (χ1) is 10.2. The first-order valence-corrected chi connectivity index (χ1v) is 6.64. The Labute approximate surface area is 121 Å². The van der Waals surface area contributed by atoms with Gasteiger partial charge < -0.3 is 9.14 Å². The van der Waals surface area contributed by atoms with Gasteiger partial charge in [0.05, 0.1) is 17.7 Å². The monoisotopic (exact) mass is 282 g/mol. The molecular weight excluding hydrogens is 268 g/mol. The number of esters is 1. The molecule has 106 valence electrons. The molecule has 0 aliphatic heterocycles. The Bertz CT molecular complexity index is 793.